The molecule has 0 saturated heterocycles. The van der Waals surface area contributed by atoms with Crippen LogP contribution in [0.2, 0.25) is 0 Å². The molecule has 1 rings (SSSR count). The van der Waals surface area contributed by atoms with Gasteiger partial charge in [0.2, 0.25) is 5.91 Å². The predicted molar refractivity (Wildman–Crippen MR) is 71.9 cm³/mol. The number of rotatable bonds is 4. The molecule has 18 heavy (non-hydrogen) atoms. The maximum absolute atomic E-state index is 11.9. The van der Waals surface area contributed by atoms with Crippen molar-refractivity contribution in [3.05, 3.63) is 0 Å². The standard InChI is InChI=1S/C12H24N2O3S/c1-12(2,18(3,16)17)8-14-11(15)9-4-6-10(13)7-5-9/h9-10H,4-8,13H2,1-3H3,(H,14,15). The van der Waals surface area contributed by atoms with E-state index >= 15 is 0 Å². The van der Waals surface area contributed by atoms with Crippen LogP contribution < -0.4 is 11.1 Å². The molecule has 0 spiro atoms. The van der Waals surface area contributed by atoms with Crippen LogP contribution in [-0.2, 0) is 14.6 Å². The van der Waals surface area contributed by atoms with E-state index in [0.29, 0.717) is 0 Å². The molecule has 0 aromatic carbocycles. The van der Waals surface area contributed by atoms with Crippen molar-refractivity contribution in [2.75, 3.05) is 12.8 Å². The molecule has 5 nitrogen and oxygen atoms in total. The van der Waals surface area contributed by atoms with Gasteiger partial charge in [0.05, 0.1) is 4.75 Å². The molecular weight excluding hydrogens is 252 g/mol. The van der Waals surface area contributed by atoms with Gasteiger partial charge in [0.15, 0.2) is 9.84 Å². The van der Waals surface area contributed by atoms with Gasteiger partial charge in [-0.15, -0.1) is 0 Å². The lowest BCUT2D eigenvalue weighted by Crippen LogP contribution is -2.46. The van der Waals surface area contributed by atoms with E-state index in [0.717, 1.165) is 25.7 Å². The molecule has 3 N–H and O–H groups in total. The number of amides is 1. The van der Waals surface area contributed by atoms with E-state index in [-0.39, 0.29) is 24.4 Å². The molecule has 0 radical (unpaired) electrons. The molecule has 0 atom stereocenters. The molecule has 0 unspecified atom stereocenters. The zero-order chi connectivity index (χ0) is 14.0. The maximum Gasteiger partial charge on any atom is 0.223 e. The Bertz CT molecular complexity index is 396. The van der Waals surface area contributed by atoms with Crippen molar-refractivity contribution < 1.29 is 13.2 Å². The zero-order valence-corrected chi connectivity index (χ0v) is 12.2. The van der Waals surface area contributed by atoms with Crippen LogP contribution in [0.4, 0.5) is 0 Å². The molecule has 1 aliphatic carbocycles. The summed E-state index contributed by atoms with van der Waals surface area (Å²) < 4.78 is 22.1. The van der Waals surface area contributed by atoms with Crippen LogP contribution in [0.1, 0.15) is 39.5 Å². The van der Waals surface area contributed by atoms with E-state index in [1.807, 2.05) is 0 Å². The van der Waals surface area contributed by atoms with Crippen molar-refractivity contribution in [3.8, 4) is 0 Å². The first-order valence-corrected chi connectivity index (χ1v) is 8.25. The topological polar surface area (TPSA) is 89.3 Å². The molecular formula is C12H24N2O3S. The Balaban J connectivity index is 2.47. The molecule has 1 amide bonds. The molecule has 1 fully saturated rings. The van der Waals surface area contributed by atoms with Crippen molar-refractivity contribution in [2.45, 2.75) is 50.3 Å². The summed E-state index contributed by atoms with van der Waals surface area (Å²) in [5, 5.41) is 2.76. The van der Waals surface area contributed by atoms with Crippen molar-refractivity contribution in [2.24, 2.45) is 11.7 Å². The molecule has 0 aromatic rings. The summed E-state index contributed by atoms with van der Waals surface area (Å²) in [7, 11) is -3.17. The fraction of sp³-hybridized carbons (Fsp3) is 0.917. The SMILES string of the molecule is CC(C)(CNC(=O)C1CCC(N)CC1)S(C)(=O)=O. The van der Waals surface area contributed by atoms with Gasteiger partial charge in [-0.2, -0.15) is 0 Å². The Labute approximate surface area is 109 Å². The van der Waals surface area contributed by atoms with Crippen LogP contribution in [0.3, 0.4) is 0 Å². The fourth-order valence-electron chi connectivity index (χ4n) is 1.96. The smallest absolute Gasteiger partial charge is 0.223 e. The van der Waals surface area contributed by atoms with Gasteiger partial charge in [0.25, 0.3) is 0 Å². The van der Waals surface area contributed by atoms with Gasteiger partial charge in [-0.1, -0.05) is 0 Å². The monoisotopic (exact) mass is 276 g/mol. The predicted octanol–water partition coefficient (Wildman–Crippen LogP) is 0.443. The summed E-state index contributed by atoms with van der Waals surface area (Å²) in [6, 6.07) is 0.210. The highest BCUT2D eigenvalue weighted by Crippen LogP contribution is 2.23. The highest BCUT2D eigenvalue weighted by Gasteiger charge is 2.32. The minimum atomic E-state index is -3.17. The highest BCUT2D eigenvalue weighted by molar-refractivity contribution is 7.92. The minimum absolute atomic E-state index is 0.0137. The van der Waals surface area contributed by atoms with Gasteiger partial charge in [-0.05, 0) is 39.5 Å². The summed E-state index contributed by atoms with van der Waals surface area (Å²) in [6.07, 6.45) is 4.53. The van der Waals surface area contributed by atoms with Crippen LogP contribution in [0.25, 0.3) is 0 Å². The van der Waals surface area contributed by atoms with E-state index in [4.69, 9.17) is 5.73 Å². The first-order chi connectivity index (χ1) is 8.13. The third kappa shape index (κ3) is 3.95. The lowest BCUT2D eigenvalue weighted by atomic mass is 9.86. The number of sulfone groups is 1. The largest absolute Gasteiger partial charge is 0.354 e. The quantitative estimate of drug-likeness (QED) is 0.780. The Kier molecular flexibility index (Phi) is 4.78. The summed E-state index contributed by atoms with van der Waals surface area (Å²) in [4.78, 5) is 11.9. The number of nitrogens with one attached hydrogen (secondary N) is 1. The molecule has 0 heterocycles. The fourth-order valence-corrected chi connectivity index (χ4v) is 2.29. The molecule has 0 bridgehead atoms. The van der Waals surface area contributed by atoms with Crippen LogP contribution >= 0.6 is 0 Å². The summed E-state index contributed by atoms with van der Waals surface area (Å²) >= 11 is 0. The van der Waals surface area contributed by atoms with Gasteiger partial charge in [-0.25, -0.2) is 8.42 Å². The Morgan fingerprint density at radius 1 is 1.28 bits per heavy atom. The second-order valence-corrected chi connectivity index (χ2v) is 8.51. The summed E-state index contributed by atoms with van der Waals surface area (Å²) in [5.41, 5.74) is 5.79. The van der Waals surface area contributed by atoms with E-state index in [9.17, 15) is 13.2 Å². The average molecular weight is 276 g/mol. The minimum Gasteiger partial charge on any atom is -0.354 e. The van der Waals surface area contributed by atoms with E-state index < -0.39 is 14.6 Å². The summed E-state index contributed by atoms with van der Waals surface area (Å²) in [5.74, 6) is -0.0567. The second kappa shape index (κ2) is 5.57. The van der Waals surface area contributed by atoms with Crippen molar-refractivity contribution in [1.82, 2.24) is 5.32 Å². The molecule has 0 aliphatic heterocycles. The van der Waals surface area contributed by atoms with Gasteiger partial charge in [-0.3, -0.25) is 4.79 Å². The van der Waals surface area contributed by atoms with E-state index in [1.54, 1.807) is 13.8 Å². The lowest BCUT2D eigenvalue weighted by Gasteiger charge is -2.27. The Hall–Kier alpha value is -0.620. The van der Waals surface area contributed by atoms with Crippen molar-refractivity contribution in [3.63, 3.8) is 0 Å². The van der Waals surface area contributed by atoms with E-state index in [1.165, 1.54) is 6.26 Å². The van der Waals surface area contributed by atoms with E-state index in [2.05, 4.69) is 5.32 Å². The number of carbonyl (C=O) groups excluding carboxylic acids is 1. The third-order valence-corrected chi connectivity index (χ3v) is 5.99. The van der Waals surface area contributed by atoms with Gasteiger partial charge >= 0.3 is 0 Å². The van der Waals surface area contributed by atoms with Crippen molar-refractivity contribution in [1.29, 1.82) is 0 Å². The maximum atomic E-state index is 11.9. The Morgan fingerprint density at radius 2 is 1.78 bits per heavy atom. The first-order valence-electron chi connectivity index (χ1n) is 6.36. The highest BCUT2D eigenvalue weighted by atomic mass is 32.2. The molecule has 1 aliphatic rings. The number of hydrogen-bond acceptors (Lipinski definition) is 4. The van der Waals surface area contributed by atoms with Gasteiger partial charge < -0.3 is 11.1 Å². The zero-order valence-electron chi connectivity index (χ0n) is 11.4. The Morgan fingerprint density at radius 3 is 2.22 bits per heavy atom. The molecule has 1 saturated carbocycles. The lowest BCUT2D eigenvalue weighted by molar-refractivity contribution is -0.126. The third-order valence-electron chi connectivity index (χ3n) is 3.83. The van der Waals surface area contributed by atoms with Gasteiger partial charge in [0, 0.05) is 24.8 Å². The first kappa shape index (κ1) is 15.4. The van der Waals surface area contributed by atoms with Gasteiger partial charge in [0.1, 0.15) is 0 Å². The molecule has 0 aromatic heterocycles. The van der Waals surface area contributed by atoms with Crippen LogP contribution in [-0.4, -0.2) is 37.9 Å². The second-order valence-electron chi connectivity index (χ2n) is 5.86. The molecule has 106 valence electrons. The normalized spacial score (nSPS) is 25.8. The van der Waals surface area contributed by atoms with Crippen molar-refractivity contribution >= 4 is 15.7 Å². The van der Waals surface area contributed by atoms with Crippen LogP contribution in [0.5, 0.6) is 0 Å². The average Bonchev–Trinajstić information content (AvgIpc) is 2.25. The summed E-state index contributed by atoms with van der Waals surface area (Å²) in [6.45, 7) is 3.41. The van der Waals surface area contributed by atoms with Crippen LogP contribution in [0, 0.1) is 5.92 Å². The van der Waals surface area contributed by atoms with Crippen LogP contribution in [0.15, 0.2) is 0 Å². The molecule has 6 heteroatoms. The number of carbonyl (C=O) groups is 1. The number of hydrogen-bond donors (Lipinski definition) is 2. The number of nitrogens with two attached hydrogens (primary N) is 1.